The molecule has 1 amide bonds. The summed E-state index contributed by atoms with van der Waals surface area (Å²) in [7, 11) is 0. The molecular weight excluding hydrogens is 277 g/mol. The van der Waals surface area contributed by atoms with Crippen LogP contribution in [0.1, 0.15) is 40.0 Å². The van der Waals surface area contributed by atoms with Crippen molar-refractivity contribution in [3.8, 4) is 0 Å². The number of amides is 1. The molecule has 0 aromatic heterocycles. The summed E-state index contributed by atoms with van der Waals surface area (Å²) in [4.78, 5) is 13.6. The second-order valence-corrected chi connectivity index (χ2v) is 6.68. The van der Waals surface area contributed by atoms with Gasteiger partial charge in [-0.3, -0.25) is 4.21 Å². The molecule has 0 bridgehead atoms. The quantitative estimate of drug-likeness (QED) is 0.480. The first-order valence-corrected chi connectivity index (χ1v) is 7.56. The number of rotatable bonds is 2. The second kappa shape index (κ2) is 8.62. The predicted octanol–water partition coefficient (Wildman–Crippen LogP) is -1.09. The Bertz CT molecular complexity index is 319. The number of nitrogens with zero attached hydrogens (tertiary/aromatic N) is 1. The largest absolute Gasteiger partial charge is 1.00 e. The van der Waals surface area contributed by atoms with Gasteiger partial charge in [0.15, 0.2) is 0 Å². The number of carbonyl (C=O) groups is 1. The maximum Gasteiger partial charge on any atom is 1.00 e. The van der Waals surface area contributed by atoms with Crippen molar-refractivity contribution in [2.45, 2.75) is 45.6 Å². The number of likely N-dealkylation sites (tertiary alicyclic amines) is 1. The standard InChI is InChI=1S/C12H23NO4S.Na/c1-12(2,3)17-11(14)13-7-4-5-10(6-8-13)9-18(15)16;/h10H,4-9H2,1-3H3,(H,15,16);/q;+1/p-1. The molecule has 19 heavy (non-hydrogen) atoms. The van der Waals surface area contributed by atoms with E-state index in [9.17, 15) is 13.6 Å². The number of hydrogen-bond donors (Lipinski definition) is 0. The van der Waals surface area contributed by atoms with E-state index in [1.807, 2.05) is 20.8 Å². The number of carbonyl (C=O) groups excluding carboxylic acids is 1. The van der Waals surface area contributed by atoms with Crippen molar-refractivity contribution in [2.75, 3.05) is 18.8 Å². The van der Waals surface area contributed by atoms with Gasteiger partial charge < -0.3 is 14.2 Å². The zero-order valence-corrected chi connectivity index (χ0v) is 15.1. The molecule has 2 unspecified atom stereocenters. The molecule has 1 heterocycles. The molecule has 1 aliphatic heterocycles. The number of ether oxygens (including phenoxy) is 1. The molecule has 0 spiro atoms. The fourth-order valence-electron chi connectivity index (χ4n) is 2.03. The molecule has 5 nitrogen and oxygen atoms in total. The third kappa shape index (κ3) is 8.30. The van der Waals surface area contributed by atoms with Crippen molar-refractivity contribution in [1.82, 2.24) is 4.90 Å². The van der Waals surface area contributed by atoms with E-state index in [-0.39, 0.29) is 47.3 Å². The van der Waals surface area contributed by atoms with Crippen LogP contribution >= 0.6 is 0 Å². The zero-order valence-electron chi connectivity index (χ0n) is 12.3. The molecule has 0 radical (unpaired) electrons. The van der Waals surface area contributed by atoms with Crippen molar-refractivity contribution < 1.29 is 47.9 Å². The van der Waals surface area contributed by atoms with Crippen LogP contribution in [0.2, 0.25) is 0 Å². The molecule has 0 aromatic rings. The van der Waals surface area contributed by atoms with E-state index >= 15 is 0 Å². The summed E-state index contributed by atoms with van der Waals surface area (Å²) in [6, 6.07) is 0. The first-order valence-electron chi connectivity index (χ1n) is 6.32. The van der Waals surface area contributed by atoms with Crippen LogP contribution in [-0.4, -0.2) is 44.2 Å². The van der Waals surface area contributed by atoms with Crippen molar-refractivity contribution in [1.29, 1.82) is 0 Å². The van der Waals surface area contributed by atoms with Gasteiger partial charge >= 0.3 is 35.7 Å². The van der Waals surface area contributed by atoms with Crippen LogP contribution in [0.3, 0.4) is 0 Å². The monoisotopic (exact) mass is 299 g/mol. The van der Waals surface area contributed by atoms with Crippen LogP contribution < -0.4 is 29.6 Å². The Morgan fingerprint density at radius 3 is 2.53 bits per heavy atom. The Balaban J connectivity index is 0.00000324. The molecule has 1 rings (SSSR count). The number of hydrogen-bond acceptors (Lipinski definition) is 4. The van der Waals surface area contributed by atoms with Gasteiger partial charge in [-0.15, -0.1) is 0 Å². The third-order valence-electron chi connectivity index (χ3n) is 2.87. The third-order valence-corrected chi connectivity index (χ3v) is 3.61. The van der Waals surface area contributed by atoms with Crippen LogP contribution in [0.5, 0.6) is 0 Å². The molecule has 1 saturated heterocycles. The van der Waals surface area contributed by atoms with Gasteiger partial charge in [-0.05, 0) is 46.0 Å². The first kappa shape index (κ1) is 19.4. The minimum absolute atomic E-state index is 0. The molecule has 106 valence electrons. The van der Waals surface area contributed by atoms with Crippen LogP contribution in [0.25, 0.3) is 0 Å². The van der Waals surface area contributed by atoms with Crippen molar-refractivity contribution in [3.63, 3.8) is 0 Å². The SMILES string of the molecule is CC(C)(C)OC(=O)N1CCCC(CS(=O)[O-])CC1.[Na+]. The Morgan fingerprint density at radius 2 is 2.00 bits per heavy atom. The average molecular weight is 299 g/mol. The maximum absolute atomic E-state index is 11.9. The Morgan fingerprint density at radius 1 is 1.37 bits per heavy atom. The minimum atomic E-state index is -1.99. The summed E-state index contributed by atoms with van der Waals surface area (Å²) in [5.74, 6) is 0.359. The molecule has 0 N–H and O–H groups in total. The molecule has 0 saturated carbocycles. The summed E-state index contributed by atoms with van der Waals surface area (Å²) in [6.07, 6.45) is 2.12. The predicted molar refractivity (Wildman–Crippen MR) is 68.9 cm³/mol. The minimum Gasteiger partial charge on any atom is -0.772 e. The van der Waals surface area contributed by atoms with Crippen molar-refractivity contribution in [2.24, 2.45) is 5.92 Å². The summed E-state index contributed by atoms with van der Waals surface area (Å²) < 4.78 is 26.7. The normalized spacial score (nSPS) is 22.1. The Hall–Kier alpha value is 0.380. The van der Waals surface area contributed by atoms with Gasteiger partial charge in [0.25, 0.3) is 0 Å². The zero-order chi connectivity index (χ0) is 13.8. The van der Waals surface area contributed by atoms with Gasteiger partial charge in [-0.25, -0.2) is 4.79 Å². The molecule has 7 heteroatoms. The van der Waals surface area contributed by atoms with Gasteiger partial charge in [0.1, 0.15) is 5.60 Å². The van der Waals surface area contributed by atoms with E-state index in [0.29, 0.717) is 13.1 Å². The topological polar surface area (TPSA) is 69.7 Å². The smallest absolute Gasteiger partial charge is 0.772 e. The van der Waals surface area contributed by atoms with E-state index in [1.165, 1.54) is 0 Å². The molecule has 2 atom stereocenters. The summed E-state index contributed by atoms with van der Waals surface area (Å²) >= 11 is -1.99. The molecule has 0 aliphatic carbocycles. The van der Waals surface area contributed by atoms with Gasteiger partial charge in [0, 0.05) is 18.8 Å². The van der Waals surface area contributed by atoms with Gasteiger partial charge in [0.2, 0.25) is 0 Å². The fraction of sp³-hybridized carbons (Fsp3) is 0.917. The van der Waals surface area contributed by atoms with Gasteiger partial charge in [0.05, 0.1) is 0 Å². The summed E-state index contributed by atoms with van der Waals surface area (Å²) in [5.41, 5.74) is -0.487. The van der Waals surface area contributed by atoms with Gasteiger partial charge in [-0.1, -0.05) is 11.1 Å². The Kier molecular flexibility index (Phi) is 8.79. The second-order valence-electron chi connectivity index (χ2n) is 5.73. The van der Waals surface area contributed by atoms with Crippen LogP contribution in [0, 0.1) is 5.92 Å². The van der Waals surface area contributed by atoms with Crippen LogP contribution in [-0.2, 0) is 15.8 Å². The molecular formula is C12H22NNaO4S. The molecule has 0 aromatic carbocycles. The van der Waals surface area contributed by atoms with E-state index in [4.69, 9.17) is 4.74 Å². The summed E-state index contributed by atoms with van der Waals surface area (Å²) in [5, 5.41) is 0. The first-order chi connectivity index (χ1) is 8.28. The molecule has 1 fully saturated rings. The van der Waals surface area contributed by atoms with Gasteiger partial charge in [-0.2, -0.15) is 0 Å². The van der Waals surface area contributed by atoms with E-state index in [1.54, 1.807) is 4.90 Å². The Labute approximate surface area is 140 Å². The maximum atomic E-state index is 11.9. The van der Waals surface area contributed by atoms with Crippen molar-refractivity contribution >= 4 is 17.2 Å². The van der Waals surface area contributed by atoms with E-state index < -0.39 is 16.7 Å². The van der Waals surface area contributed by atoms with Crippen LogP contribution in [0.15, 0.2) is 0 Å². The van der Waals surface area contributed by atoms with E-state index in [0.717, 1.165) is 19.3 Å². The average Bonchev–Trinajstić information content (AvgIpc) is 2.39. The molecule has 1 aliphatic rings. The van der Waals surface area contributed by atoms with E-state index in [2.05, 4.69) is 0 Å². The fourth-order valence-corrected chi connectivity index (χ4v) is 2.75. The van der Waals surface area contributed by atoms with Crippen molar-refractivity contribution in [3.05, 3.63) is 0 Å². The summed E-state index contributed by atoms with van der Waals surface area (Å²) in [6.45, 7) is 6.75. The van der Waals surface area contributed by atoms with Crippen LogP contribution in [0.4, 0.5) is 4.79 Å².